The van der Waals surface area contributed by atoms with Gasteiger partial charge in [-0.15, -0.1) is 21.5 Å². The van der Waals surface area contributed by atoms with Crippen molar-refractivity contribution in [1.82, 2.24) is 20.1 Å². The lowest BCUT2D eigenvalue weighted by atomic mass is 9.95. The molecule has 2 N–H and O–H groups in total. The van der Waals surface area contributed by atoms with Crippen LogP contribution in [-0.4, -0.2) is 32.3 Å². The molecule has 0 fully saturated rings. The van der Waals surface area contributed by atoms with Crippen molar-refractivity contribution in [2.75, 3.05) is 11.1 Å². The molecule has 2 aromatic heterocycles. The van der Waals surface area contributed by atoms with Crippen LogP contribution in [0.15, 0.2) is 90.1 Å². The largest absolute Gasteiger partial charge is 0.348 e. The summed E-state index contributed by atoms with van der Waals surface area (Å²) in [6.45, 7) is 0.430. The Morgan fingerprint density at radius 2 is 1.58 bits per heavy atom. The zero-order valence-corrected chi connectivity index (χ0v) is 25.8. The van der Waals surface area contributed by atoms with Crippen molar-refractivity contribution in [3.05, 3.63) is 123 Å². The van der Waals surface area contributed by atoms with Crippen molar-refractivity contribution < 1.29 is 9.59 Å². The highest BCUT2D eigenvalue weighted by atomic mass is 35.5. The molecule has 0 bridgehead atoms. The maximum atomic E-state index is 13.4. The van der Waals surface area contributed by atoms with E-state index in [1.54, 1.807) is 0 Å². The molecule has 43 heavy (non-hydrogen) atoms. The number of fused-ring (bicyclic) bond motifs is 1. The third-order valence-corrected chi connectivity index (χ3v) is 9.66. The van der Waals surface area contributed by atoms with Gasteiger partial charge in [0.25, 0.3) is 5.91 Å². The van der Waals surface area contributed by atoms with E-state index < -0.39 is 0 Å². The molecule has 2 heterocycles. The van der Waals surface area contributed by atoms with Gasteiger partial charge in [-0.1, -0.05) is 84.0 Å². The van der Waals surface area contributed by atoms with Gasteiger partial charge in [-0.05, 0) is 66.6 Å². The lowest BCUT2D eigenvalue weighted by Crippen LogP contribution is -2.25. The molecule has 218 valence electrons. The normalized spacial score (nSPS) is 12.5. The Morgan fingerprint density at radius 1 is 0.884 bits per heavy atom. The molecule has 0 radical (unpaired) electrons. The molecule has 0 saturated heterocycles. The van der Waals surface area contributed by atoms with E-state index in [9.17, 15) is 9.59 Å². The Hall–Kier alpha value is -3.92. The molecule has 7 nitrogen and oxygen atoms in total. The molecule has 5 aromatic rings. The maximum Gasteiger partial charge on any atom is 0.254 e. The third kappa shape index (κ3) is 7.01. The highest BCUT2D eigenvalue weighted by molar-refractivity contribution is 7.99. The van der Waals surface area contributed by atoms with Crippen molar-refractivity contribution in [3.8, 4) is 5.69 Å². The summed E-state index contributed by atoms with van der Waals surface area (Å²) in [4.78, 5) is 27.9. The third-order valence-electron chi connectivity index (χ3n) is 7.27. The van der Waals surface area contributed by atoms with Gasteiger partial charge >= 0.3 is 0 Å². The highest BCUT2D eigenvalue weighted by Crippen LogP contribution is 2.38. The second-order valence-corrected chi connectivity index (χ2v) is 12.8. The predicted octanol–water partition coefficient (Wildman–Crippen LogP) is 7.11. The van der Waals surface area contributed by atoms with Crippen LogP contribution < -0.4 is 10.6 Å². The zero-order valence-electron chi connectivity index (χ0n) is 23.4. The van der Waals surface area contributed by atoms with Gasteiger partial charge in [0.2, 0.25) is 5.91 Å². The van der Waals surface area contributed by atoms with E-state index in [1.807, 2.05) is 77.4 Å². The smallest absolute Gasteiger partial charge is 0.254 e. The number of halogens is 1. The fraction of sp³-hybridized carbons (Fsp3) is 0.212. The van der Waals surface area contributed by atoms with E-state index in [2.05, 4.69) is 33.0 Å². The number of hydrogen-bond acceptors (Lipinski definition) is 6. The summed E-state index contributed by atoms with van der Waals surface area (Å²) in [6.07, 6.45) is 4.49. The fourth-order valence-electron chi connectivity index (χ4n) is 5.19. The number of thioether (sulfide) groups is 1. The van der Waals surface area contributed by atoms with Gasteiger partial charge in [-0.2, -0.15) is 0 Å². The van der Waals surface area contributed by atoms with Gasteiger partial charge < -0.3 is 10.6 Å². The van der Waals surface area contributed by atoms with Crippen molar-refractivity contribution in [2.24, 2.45) is 0 Å². The predicted molar refractivity (Wildman–Crippen MR) is 174 cm³/mol. The Morgan fingerprint density at radius 3 is 2.33 bits per heavy atom. The van der Waals surface area contributed by atoms with Gasteiger partial charge in [-0.3, -0.25) is 14.2 Å². The number of hydrogen-bond donors (Lipinski definition) is 2. The number of anilines is 1. The lowest BCUT2D eigenvalue weighted by Gasteiger charge is -2.13. The summed E-state index contributed by atoms with van der Waals surface area (Å²) >= 11 is 8.99. The van der Waals surface area contributed by atoms with Crippen molar-refractivity contribution in [2.45, 2.75) is 43.8 Å². The number of carbonyl (C=O) groups is 2. The minimum atomic E-state index is -0.198. The number of rotatable bonds is 10. The summed E-state index contributed by atoms with van der Waals surface area (Å²) in [5, 5.41) is 16.9. The van der Waals surface area contributed by atoms with Crippen LogP contribution in [0.5, 0.6) is 0 Å². The summed E-state index contributed by atoms with van der Waals surface area (Å²) in [6, 6.07) is 27.4. The fourth-order valence-corrected chi connectivity index (χ4v) is 7.39. The first-order valence-electron chi connectivity index (χ1n) is 14.2. The maximum absolute atomic E-state index is 13.4. The number of nitrogens with zero attached hydrogens (tertiary/aromatic N) is 3. The van der Waals surface area contributed by atoms with Crippen LogP contribution in [-0.2, 0) is 30.6 Å². The molecular formula is C33H30ClN5O2S2. The molecular weight excluding hydrogens is 598 g/mol. The number of carbonyl (C=O) groups excluding carboxylic acids is 2. The van der Waals surface area contributed by atoms with E-state index in [0.29, 0.717) is 33.7 Å². The second kappa shape index (κ2) is 13.6. The second-order valence-electron chi connectivity index (χ2n) is 10.3. The number of aryl methyl sites for hydroxylation is 1. The summed E-state index contributed by atoms with van der Waals surface area (Å²) in [7, 11) is 0. The number of nitrogens with one attached hydrogen (secondary N) is 2. The average Bonchev–Trinajstić information content (AvgIpc) is 3.60. The first-order valence-corrected chi connectivity index (χ1v) is 16.4. The van der Waals surface area contributed by atoms with Gasteiger partial charge in [0.05, 0.1) is 11.3 Å². The van der Waals surface area contributed by atoms with Crippen molar-refractivity contribution >= 4 is 51.5 Å². The molecule has 0 atom stereocenters. The number of amides is 2. The van der Waals surface area contributed by atoms with E-state index in [4.69, 9.17) is 11.6 Å². The number of thiophene rings is 1. The molecule has 6 rings (SSSR count). The summed E-state index contributed by atoms with van der Waals surface area (Å²) in [5.41, 5.74) is 4.67. The first-order chi connectivity index (χ1) is 21.0. The standard InChI is InChI=1S/C33H30ClN5O2S2/c34-24-15-17-25(18-16-24)39-28(19-22-9-3-1-4-10-22)37-38-33(39)42-21-29(40)36-32-30(26-13-7-8-14-27(26)43-32)31(41)35-20-23-11-5-2-6-12-23/h1-6,9-12,15-18H,7-8,13-14,19-21H2,(H,35,41)(H,36,40). The molecule has 0 spiro atoms. The van der Waals surface area contributed by atoms with Crippen LogP contribution in [0.3, 0.4) is 0 Å². The van der Waals surface area contributed by atoms with E-state index in [0.717, 1.165) is 53.9 Å². The Balaban J connectivity index is 1.19. The molecule has 0 saturated carbocycles. The topological polar surface area (TPSA) is 88.9 Å². The monoisotopic (exact) mass is 627 g/mol. The van der Waals surface area contributed by atoms with Crippen LogP contribution in [0.1, 0.15) is 50.6 Å². The number of benzene rings is 3. The number of aromatic nitrogens is 3. The molecule has 3 aromatic carbocycles. The molecule has 1 aliphatic carbocycles. The van der Waals surface area contributed by atoms with E-state index in [1.165, 1.54) is 28.0 Å². The molecule has 2 amide bonds. The lowest BCUT2D eigenvalue weighted by molar-refractivity contribution is -0.113. The minimum Gasteiger partial charge on any atom is -0.348 e. The highest BCUT2D eigenvalue weighted by Gasteiger charge is 2.26. The summed E-state index contributed by atoms with van der Waals surface area (Å²) in [5.74, 6) is 0.528. The Kier molecular flexibility index (Phi) is 9.21. The van der Waals surface area contributed by atoms with Crippen molar-refractivity contribution in [1.29, 1.82) is 0 Å². The molecule has 0 aliphatic heterocycles. The molecule has 10 heteroatoms. The Labute approximate surface area is 263 Å². The Bertz CT molecular complexity index is 1720. The molecule has 1 aliphatic rings. The average molecular weight is 628 g/mol. The zero-order chi connectivity index (χ0) is 29.6. The van der Waals surface area contributed by atoms with Crippen LogP contribution >= 0.6 is 34.7 Å². The molecule has 0 unspecified atom stereocenters. The van der Waals surface area contributed by atoms with Crippen LogP contribution in [0.25, 0.3) is 5.69 Å². The van der Waals surface area contributed by atoms with Crippen LogP contribution in [0.2, 0.25) is 5.02 Å². The van der Waals surface area contributed by atoms with Crippen LogP contribution in [0, 0.1) is 0 Å². The van der Waals surface area contributed by atoms with Gasteiger partial charge in [0.1, 0.15) is 10.8 Å². The van der Waals surface area contributed by atoms with Gasteiger partial charge in [-0.25, -0.2) is 0 Å². The first kappa shape index (κ1) is 29.2. The van der Waals surface area contributed by atoms with Gasteiger partial charge in [0, 0.05) is 28.6 Å². The van der Waals surface area contributed by atoms with E-state index in [-0.39, 0.29) is 17.6 Å². The summed E-state index contributed by atoms with van der Waals surface area (Å²) < 4.78 is 1.97. The van der Waals surface area contributed by atoms with Crippen molar-refractivity contribution in [3.63, 3.8) is 0 Å². The quantitative estimate of drug-likeness (QED) is 0.161. The van der Waals surface area contributed by atoms with Gasteiger partial charge in [0.15, 0.2) is 5.16 Å². The van der Waals surface area contributed by atoms with Crippen LogP contribution in [0.4, 0.5) is 5.00 Å². The SMILES string of the molecule is O=C(CSc1nnc(Cc2ccccc2)n1-c1ccc(Cl)cc1)Nc1sc2c(c1C(=O)NCc1ccccc1)CCCC2. The van der Waals surface area contributed by atoms with E-state index >= 15 is 0 Å². The minimum absolute atomic E-state index is 0.116.